The van der Waals surface area contributed by atoms with Crippen LogP contribution in [-0.4, -0.2) is 29.4 Å². The number of aliphatic hydroxyl groups is 1. The number of hydrogen-bond donors (Lipinski definition) is 1. The summed E-state index contributed by atoms with van der Waals surface area (Å²) in [5, 5.41) is 12.3. The topological polar surface area (TPSA) is 86.0 Å². The summed E-state index contributed by atoms with van der Waals surface area (Å²) in [5.74, 6) is 0.499. The maximum atomic E-state index is 12.4. The van der Waals surface area contributed by atoms with Gasteiger partial charge in [0.1, 0.15) is 17.4 Å². The molecule has 2 aromatic rings. The molecular weight excluding hydrogens is 432 g/mol. The van der Waals surface area contributed by atoms with Crippen LogP contribution in [0.4, 0.5) is 0 Å². The van der Waals surface area contributed by atoms with E-state index in [0.29, 0.717) is 24.4 Å². The highest BCUT2D eigenvalue weighted by atomic mass is 16.5. The molecule has 0 spiro atoms. The van der Waals surface area contributed by atoms with E-state index in [1.165, 1.54) is 6.07 Å². The lowest BCUT2D eigenvalue weighted by molar-refractivity contribution is -0.212. The predicted molar refractivity (Wildman–Crippen MR) is 131 cm³/mol. The van der Waals surface area contributed by atoms with E-state index in [2.05, 4.69) is 20.8 Å². The van der Waals surface area contributed by atoms with Crippen molar-refractivity contribution < 1.29 is 23.8 Å². The number of fused-ring (bicyclic) bond motifs is 2. The van der Waals surface area contributed by atoms with Crippen LogP contribution >= 0.6 is 0 Å². The molecule has 2 fully saturated rings. The molecule has 1 aromatic heterocycles. The molecule has 4 rings (SSSR count). The molecule has 2 aliphatic carbocycles. The predicted octanol–water partition coefficient (Wildman–Crippen LogP) is 5.34. The molecule has 186 valence electrons. The molecule has 1 N–H and O–H groups in total. The zero-order valence-corrected chi connectivity index (χ0v) is 21.2. The minimum absolute atomic E-state index is 0.0988. The van der Waals surface area contributed by atoms with Crippen LogP contribution in [0, 0.1) is 28.6 Å². The molecule has 2 saturated carbocycles. The molecule has 34 heavy (non-hydrogen) atoms. The average Bonchev–Trinajstić information content (AvgIpc) is 2.74. The maximum absolute atomic E-state index is 12.4. The number of benzene rings is 1. The van der Waals surface area contributed by atoms with Crippen LogP contribution in [0.15, 0.2) is 39.5 Å². The molecular formula is C28H38O6. The second-order valence-electron chi connectivity index (χ2n) is 11.7. The molecule has 6 heteroatoms. The first-order chi connectivity index (χ1) is 15.8. The van der Waals surface area contributed by atoms with Crippen molar-refractivity contribution in [3.8, 4) is 5.75 Å². The molecule has 0 radical (unpaired) electrons. The molecule has 0 amide bonds. The number of esters is 1. The van der Waals surface area contributed by atoms with Crippen molar-refractivity contribution in [2.24, 2.45) is 28.6 Å². The average molecular weight is 471 g/mol. The molecule has 0 saturated heterocycles. The molecule has 0 bridgehead atoms. The first kappa shape index (κ1) is 24.8. The smallest absolute Gasteiger partial charge is 0.336 e. The summed E-state index contributed by atoms with van der Waals surface area (Å²) in [7, 11) is 0. The third-order valence-corrected chi connectivity index (χ3v) is 8.70. The van der Waals surface area contributed by atoms with Gasteiger partial charge in [-0.1, -0.05) is 34.6 Å². The quantitative estimate of drug-likeness (QED) is 0.469. The van der Waals surface area contributed by atoms with Gasteiger partial charge in [0.15, 0.2) is 0 Å². The van der Waals surface area contributed by atoms with Gasteiger partial charge in [-0.2, -0.15) is 0 Å². The van der Waals surface area contributed by atoms with Gasteiger partial charge in [-0.05, 0) is 62.1 Å². The molecule has 1 heterocycles. The van der Waals surface area contributed by atoms with Crippen LogP contribution in [-0.2, 0) is 9.53 Å². The maximum Gasteiger partial charge on any atom is 0.336 e. The first-order valence-electron chi connectivity index (χ1n) is 12.4. The van der Waals surface area contributed by atoms with Gasteiger partial charge in [-0.15, -0.1) is 0 Å². The van der Waals surface area contributed by atoms with Crippen molar-refractivity contribution in [3.05, 3.63) is 40.8 Å². The SMILES string of the molecule is CC(C)C(=O)O[C@H]1CC[C@@]2(C)[C@@H](CC[C@](C)(O)[C@H]2COc2ccc3ccc(=O)oc3c2)C1(C)C. The number of carbonyl (C=O) groups excluding carboxylic acids is 1. The molecule has 2 aliphatic rings. The van der Waals surface area contributed by atoms with Crippen LogP contribution in [0.3, 0.4) is 0 Å². The van der Waals surface area contributed by atoms with Gasteiger partial charge in [0.2, 0.25) is 0 Å². The fourth-order valence-electron chi connectivity index (χ4n) is 6.67. The summed E-state index contributed by atoms with van der Waals surface area (Å²) in [6.07, 6.45) is 3.04. The van der Waals surface area contributed by atoms with Gasteiger partial charge in [0, 0.05) is 28.9 Å². The Labute approximate surface area is 201 Å². The van der Waals surface area contributed by atoms with Crippen LogP contribution in [0.5, 0.6) is 5.75 Å². The highest BCUT2D eigenvalue weighted by Crippen LogP contribution is 2.62. The molecule has 5 atom stereocenters. The Kier molecular flexibility index (Phi) is 6.34. The van der Waals surface area contributed by atoms with Crippen molar-refractivity contribution in [1.82, 2.24) is 0 Å². The van der Waals surface area contributed by atoms with E-state index in [9.17, 15) is 14.7 Å². The number of hydrogen-bond acceptors (Lipinski definition) is 6. The van der Waals surface area contributed by atoms with E-state index >= 15 is 0 Å². The molecule has 6 nitrogen and oxygen atoms in total. The Hall–Kier alpha value is -2.34. The summed E-state index contributed by atoms with van der Waals surface area (Å²) in [6.45, 7) is 12.7. The lowest BCUT2D eigenvalue weighted by atomic mass is 9.45. The van der Waals surface area contributed by atoms with Crippen LogP contribution in [0.25, 0.3) is 11.0 Å². The van der Waals surface area contributed by atoms with Crippen LogP contribution in [0.1, 0.15) is 67.2 Å². The fourth-order valence-corrected chi connectivity index (χ4v) is 6.67. The second kappa shape index (κ2) is 8.71. The minimum atomic E-state index is -0.869. The zero-order valence-electron chi connectivity index (χ0n) is 21.2. The fraction of sp³-hybridized carbons (Fsp3) is 0.643. The number of rotatable bonds is 5. The Morgan fingerprint density at radius 2 is 1.82 bits per heavy atom. The van der Waals surface area contributed by atoms with E-state index in [4.69, 9.17) is 13.9 Å². The highest BCUT2D eigenvalue weighted by Gasteiger charge is 2.61. The minimum Gasteiger partial charge on any atom is -0.493 e. The molecule has 0 unspecified atom stereocenters. The normalized spacial score (nSPS) is 32.9. The van der Waals surface area contributed by atoms with Crippen molar-refractivity contribution in [2.75, 3.05) is 6.61 Å². The van der Waals surface area contributed by atoms with Crippen molar-refractivity contribution in [3.63, 3.8) is 0 Å². The van der Waals surface area contributed by atoms with E-state index in [-0.39, 0.29) is 40.7 Å². The third-order valence-electron chi connectivity index (χ3n) is 8.70. The highest BCUT2D eigenvalue weighted by molar-refractivity contribution is 5.77. The van der Waals surface area contributed by atoms with E-state index in [1.54, 1.807) is 12.1 Å². The Morgan fingerprint density at radius 3 is 2.53 bits per heavy atom. The van der Waals surface area contributed by atoms with Crippen molar-refractivity contribution >= 4 is 16.9 Å². The first-order valence-corrected chi connectivity index (χ1v) is 12.4. The van der Waals surface area contributed by atoms with Gasteiger partial charge < -0.3 is 19.0 Å². The van der Waals surface area contributed by atoms with Crippen molar-refractivity contribution in [1.29, 1.82) is 0 Å². The Balaban J connectivity index is 1.57. The zero-order chi connectivity index (χ0) is 24.9. The lowest BCUT2D eigenvalue weighted by Gasteiger charge is -2.62. The summed E-state index contributed by atoms with van der Waals surface area (Å²) in [5.41, 5.74) is -1.16. The van der Waals surface area contributed by atoms with E-state index < -0.39 is 11.2 Å². The van der Waals surface area contributed by atoms with Gasteiger partial charge in [0.25, 0.3) is 0 Å². The Bertz CT molecular complexity index is 1110. The molecule has 0 aliphatic heterocycles. The lowest BCUT2D eigenvalue weighted by Crippen LogP contribution is -2.62. The third kappa shape index (κ3) is 4.37. The standard InChI is InChI=1S/C28H38O6/c1-17(2)25(30)34-23-12-13-27(5)21(26(23,3)4)11-14-28(6,31)22(27)16-32-19-9-7-18-8-10-24(29)33-20(18)15-19/h7-10,15,17,21-23,31H,11-14,16H2,1-6H3/t21-,22-,23-,27-,28-/m0/s1. The summed E-state index contributed by atoms with van der Waals surface area (Å²) >= 11 is 0. The number of ether oxygens (including phenoxy) is 2. The van der Waals surface area contributed by atoms with Crippen LogP contribution in [0.2, 0.25) is 0 Å². The number of carbonyl (C=O) groups is 1. The summed E-state index contributed by atoms with van der Waals surface area (Å²) in [6, 6.07) is 8.61. The van der Waals surface area contributed by atoms with E-state index in [1.807, 2.05) is 32.9 Å². The second-order valence-corrected chi connectivity index (χ2v) is 11.7. The largest absolute Gasteiger partial charge is 0.493 e. The van der Waals surface area contributed by atoms with Gasteiger partial charge in [-0.25, -0.2) is 4.79 Å². The van der Waals surface area contributed by atoms with E-state index in [0.717, 1.165) is 24.6 Å². The van der Waals surface area contributed by atoms with Crippen molar-refractivity contribution in [2.45, 2.75) is 78.9 Å². The summed E-state index contributed by atoms with van der Waals surface area (Å²) in [4.78, 5) is 24.0. The van der Waals surface area contributed by atoms with Gasteiger partial charge in [-0.3, -0.25) is 4.79 Å². The molecule has 1 aromatic carbocycles. The monoisotopic (exact) mass is 470 g/mol. The summed E-state index contributed by atoms with van der Waals surface area (Å²) < 4.78 is 17.5. The van der Waals surface area contributed by atoms with Gasteiger partial charge in [0.05, 0.1) is 18.1 Å². The van der Waals surface area contributed by atoms with Gasteiger partial charge >= 0.3 is 11.6 Å². The Morgan fingerprint density at radius 1 is 1.12 bits per heavy atom. The van der Waals surface area contributed by atoms with Crippen LogP contribution < -0.4 is 10.4 Å².